The zero-order valence-corrected chi connectivity index (χ0v) is 18.4. The molecule has 0 aliphatic rings. The highest BCUT2D eigenvalue weighted by Crippen LogP contribution is 2.29. The molecule has 0 amide bonds. The molecule has 3 heterocycles. The smallest absolute Gasteiger partial charge is 0.338 e. The molecule has 0 atom stereocenters. The minimum absolute atomic E-state index is 0.270. The van der Waals surface area contributed by atoms with Gasteiger partial charge >= 0.3 is 5.97 Å². The summed E-state index contributed by atoms with van der Waals surface area (Å²) in [5.41, 5.74) is 2.60. The van der Waals surface area contributed by atoms with Gasteiger partial charge in [0.05, 0.1) is 11.3 Å². The second kappa shape index (κ2) is 11.2. The molecule has 0 bridgehead atoms. The Balaban J connectivity index is 1.48. The van der Waals surface area contributed by atoms with Crippen molar-refractivity contribution in [2.75, 3.05) is 11.5 Å². The lowest BCUT2D eigenvalue weighted by Gasteiger charge is -2.10. The molecule has 0 saturated carbocycles. The highest BCUT2D eigenvalue weighted by molar-refractivity contribution is 8.00. The number of hydrogen-bond acceptors (Lipinski definition) is 7. The van der Waals surface area contributed by atoms with Gasteiger partial charge in [-0.25, -0.2) is 9.78 Å². The van der Waals surface area contributed by atoms with E-state index in [1.165, 1.54) is 27.1 Å². The Hall–Kier alpha value is -2.03. The fraction of sp³-hybridized carbons (Fsp3) is 0.238. The number of rotatable bonds is 10. The lowest BCUT2D eigenvalue weighted by molar-refractivity contribution is 0.0692. The lowest BCUT2D eigenvalue weighted by Crippen LogP contribution is -2.00. The van der Waals surface area contributed by atoms with Gasteiger partial charge in [0.2, 0.25) is 0 Å². The predicted molar refractivity (Wildman–Crippen MR) is 120 cm³/mol. The first-order valence-electron chi connectivity index (χ1n) is 9.06. The summed E-state index contributed by atoms with van der Waals surface area (Å²) in [6, 6.07) is 9.33. The Morgan fingerprint density at radius 1 is 0.966 bits per heavy atom. The van der Waals surface area contributed by atoms with Crippen LogP contribution in [0.25, 0.3) is 0 Å². The summed E-state index contributed by atoms with van der Waals surface area (Å²) < 4.78 is 0. The molecule has 29 heavy (non-hydrogen) atoms. The molecule has 5 nitrogen and oxygen atoms in total. The van der Waals surface area contributed by atoms with Gasteiger partial charge < -0.3 is 5.11 Å². The van der Waals surface area contributed by atoms with Crippen LogP contribution >= 0.6 is 35.3 Å². The average Bonchev–Trinajstić information content (AvgIpc) is 2.74. The molecule has 3 aromatic heterocycles. The van der Waals surface area contributed by atoms with E-state index in [1.54, 1.807) is 42.5 Å². The van der Waals surface area contributed by atoms with E-state index in [0.717, 1.165) is 29.4 Å². The minimum atomic E-state index is -0.931. The van der Waals surface area contributed by atoms with Crippen LogP contribution < -0.4 is 0 Å². The highest BCUT2D eigenvalue weighted by atomic mass is 32.2. The summed E-state index contributed by atoms with van der Waals surface area (Å²) in [4.78, 5) is 26.5. The van der Waals surface area contributed by atoms with Crippen LogP contribution in [0.1, 0.15) is 28.0 Å². The zero-order valence-electron chi connectivity index (χ0n) is 15.9. The third kappa shape index (κ3) is 6.48. The molecule has 150 valence electrons. The molecule has 0 aliphatic heterocycles. The van der Waals surface area contributed by atoms with Crippen LogP contribution in [0.4, 0.5) is 0 Å². The number of nitrogens with zero attached hydrogens (tertiary/aromatic N) is 3. The maximum atomic E-state index is 11.2. The van der Waals surface area contributed by atoms with Crippen molar-refractivity contribution in [1.29, 1.82) is 0 Å². The monoisotopic (exact) mass is 443 g/mol. The number of hydrogen-bond donors (Lipinski definition) is 1. The van der Waals surface area contributed by atoms with Crippen LogP contribution in [0.2, 0.25) is 0 Å². The van der Waals surface area contributed by atoms with Gasteiger partial charge in [-0.15, -0.1) is 35.3 Å². The summed E-state index contributed by atoms with van der Waals surface area (Å²) in [5, 5.41) is 9.81. The number of carboxylic acid groups (broad SMARTS) is 1. The molecule has 8 heteroatoms. The molecule has 3 rings (SSSR count). The first-order chi connectivity index (χ1) is 14.1. The summed E-state index contributed by atoms with van der Waals surface area (Å²) in [6.45, 7) is 2.12. The van der Waals surface area contributed by atoms with Crippen molar-refractivity contribution in [2.45, 2.75) is 33.9 Å². The molecule has 0 radical (unpaired) electrons. The normalized spacial score (nSPS) is 10.8. The van der Waals surface area contributed by atoms with E-state index in [9.17, 15) is 9.90 Å². The third-order valence-corrected chi connectivity index (χ3v) is 7.43. The van der Waals surface area contributed by atoms with Crippen molar-refractivity contribution in [3.8, 4) is 0 Å². The maximum absolute atomic E-state index is 11.2. The fourth-order valence-corrected chi connectivity index (χ4v) is 5.55. The molecular weight excluding hydrogens is 422 g/mol. The second-order valence-electron chi connectivity index (χ2n) is 6.06. The number of pyridine rings is 3. The van der Waals surface area contributed by atoms with Crippen molar-refractivity contribution in [3.63, 3.8) is 0 Å². The first kappa shape index (κ1) is 21.7. The summed E-state index contributed by atoms with van der Waals surface area (Å²) in [7, 11) is 0. The standard InChI is InChI=1S/C21H21N3O2S3/c1-15-18(14-29-16-5-9-22-10-6-16)23-11-7-19(15)27-12-3-13-28-20-17(21(25)26)4-2-8-24-20/h2,4-11H,3,12-14H2,1H3,(H,25,26). The summed E-state index contributed by atoms with van der Waals surface area (Å²) in [6.07, 6.45) is 8.08. The molecule has 0 aromatic carbocycles. The van der Waals surface area contributed by atoms with Gasteiger partial charge in [0.15, 0.2) is 0 Å². The van der Waals surface area contributed by atoms with E-state index < -0.39 is 5.97 Å². The van der Waals surface area contributed by atoms with Crippen LogP contribution in [0, 0.1) is 6.92 Å². The van der Waals surface area contributed by atoms with E-state index >= 15 is 0 Å². The Morgan fingerprint density at radius 3 is 2.55 bits per heavy atom. The lowest BCUT2D eigenvalue weighted by atomic mass is 10.2. The van der Waals surface area contributed by atoms with E-state index in [2.05, 4.69) is 27.9 Å². The highest BCUT2D eigenvalue weighted by Gasteiger charge is 2.11. The van der Waals surface area contributed by atoms with Gasteiger partial charge in [0, 0.05) is 46.1 Å². The van der Waals surface area contributed by atoms with Crippen molar-refractivity contribution in [2.24, 2.45) is 0 Å². The Morgan fingerprint density at radius 2 is 1.76 bits per heavy atom. The van der Waals surface area contributed by atoms with Crippen molar-refractivity contribution in [3.05, 3.63) is 71.9 Å². The molecule has 0 aliphatic carbocycles. The molecular formula is C21H21N3O2S3. The molecule has 0 spiro atoms. The van der Waals surface area contributed by atoms with Crippen LogP contribution in [0.5, 0.6) is 0 Å². The quantitative estimate of drug-likeness (QED) is 0.328. The molecule has 1 N–H and O–H groups in total. The van der Waals surface area contributed by atoms with Crippen LogP contribution in [-0.2, 0) is 5.75 Å². The Kier molecular flexibility index (Phi) is 8.39. The van der Waals surface area contributed by atoms with E-state index in [0.29, 0.717) is 5.03 Å². The number of carboxylic acids is 1. The third-order valence-electron chi connectivity index (χ3n) is 4.07. The molecule has 0 unspecified atom stereocenters. The van der Waals surface area contributed by atoms with Gasteiger partial charge in [-0.2, -0.15) is 0 Å². The summed E-state index contributed by atoms with van der Waals surface area (Å²) >= 11 is 5.08. The van der Waals surface area contributed by atoms with Gasteiger partial charge in [-0.1, -0.05) is 0 Å². The van der Waals surface area contributed by atoms with Crippen LogP contribution in [0.15, 0.2) is 69.9 Å². The van der Waals surface area contributed by atoms with Gasteiger partial charge in [-0.3, -0.25) is 9.97 Å². The van der Waals surface area contributed by atoms with E-state index in [4.69, 9.17) is 0 Å². The topological polar surface area (TPSA) is 76.0 Å². The zero-order chi connectivity index (χ0) is 20.5. The largest absolute Gasteiger partial charge is 0.478 e. The van der Waals surface area contributed by atoms with Gasteiger partial charge in [0.1, 0.15) is 5.03 Å². The number of aromatic nitrogens is 3. The predicted octanol–water partition coefficient (Wildman–Crippen LogP) is 5.45. The Labute approximate surface area is 183 Å². The SMILES string of the molecule is Cc1c(SCCCSc2ncccc2C(=O)O)ccnc1CSc1ccncc1. The Bertz CT molecular complexity index is 955. The summed E-state index contributed by atoms with van der Waals surface area (Å²) in [5.74, 6) is 1.69. The van der Waals surface area contributed by atoms with Gasteiger partial charge in [-0.05, 0) is 55.0 Å². The van der Waals surface area contributed by atoms with E-state index in [-0.39, 0.29) is 5.56 Å². The molecule has 3 aromatic rings. The number of aromatic carboxylic acids is 1. The second-order valence-corrected chi connectivity index (χ2v) is 9.33. The van der Waals surface area contributed by atoms with Crippen LogP contribution in [-0.4, -0.2) is 37.5 Å². The van der Waals surface area contributed by atoms with Crippen LogP contribution in [0.3, 0.4) is 0 Å². The van der Waals surface area contributed by atoms with Crippen molar-refractivity contribution >= 4 is 41.3 Å². The maximum Gasteiger partial charge on any atom is 0.338 e. The minimum Gasteiger partial charge on any atom is -0.478 e. The number of carbonyl (C=O) groups is 1. The first-order valence-corrected chi connectivity index (χ1v) is 12.0. The molecule has 0 saturated heterocycles. The fourth-order valence-electron chi connectivity index (χ4n) is 2.53. The average molecular weight is 444 g/mol. The van der Waals surface area contributed by atoms with Gasteiger partial charge in [0.25, 0.3) is 0 Å². The van der Waals surface area contributed by atoms with Crippen molar-refractivity contribution in [1.82, 2.24) is 15.0 Å². The number of thioether (sulfide) groups is 3. The molecule has 0 fully saturated rings. The van der Waals surface area contributed by atoms with E-state index in [1.807, 2.05) is 30.1 Å². The van der Waals surface area contributed by atoms with Crippen molar-refractivity contribution < 1.29 is 9.90 Å².